The molecular weight excluding hydrogens is 338 g/mol. The number of amides is 2. The van der Waals surface area contributed by atoms with Crippen molar-refractivity contribution in [1.82, 2.24) is 15.6 Å². The Morgan fingerprint density at radius 1 is 1.27 bits per heavy atom. The van der Waals surface area contributed by atoms with Gasteiger partial charge in [-0.2, -0.15) is 0 Å². The molecule has 0 fully saturated rings. The highest BCUT2D eigenvalue weighted by Crippen LogP contribution is 2.12. The molecule has 3 N–H and O–H groups in total. The highest BCUT2D eigenvalue weighted by Gasteiger charge is 2.21. The van der Waals surface area contributed by atoms with Crippen molar-refractivity contribution < 1.29 is 24.2 Å². The second-order valence-electron chi connectivity index (χ2n) is 6.49. The standard InChI is InChI=1S/C18H27N3O5/c1-5-12(4)26-16-9-13(6-7-19-16)17(23)20-10-15(22)21-14(18(24)25)8-11(2)3/h6-7,9,11-12,14H,5,8,10H2,1-4H3,(H,20,23)(H,21,22)(H,24,25)/t12?,14-/m0/s1. The van der Waals surface area contributed by atoms with Gasteiger partial charge in [0.1, 0.15) is 6.04 Å². The van der Waals surface area contributed by atoms with E-state index in [-0.39, 0.29) is 18.6 Å². The molecule has 0 bridgehead atoms. The average molecular weight is 365 g/mol. The van der Waals surface area contributed by atoms with E-state index in [0.29, 0.717) is 17.9 Å². The molecule has 8 nitrogen and oxygen atoms in total. The van der Waals surface area contributed by atoms with E-state index >= 15 is 0 Å². The summed E-state index contributed by atoms with van der Waals surface area (Å²) < 4.78 is 5.56. The lowest BCUT2D eigenvalue weighted by Gasteiger charge is -2.16. The van der Waals surface area contributed by atoms with Crippen LogP contribution in [0.1, 0.15) is 50.9 Å². The van der Waals surface area contributed by atoms with Gasteiger partial charge in [0.25, 0.3) is 5.91 Å². The van der Waals surface area contributed by atoms with Gasteiger partial charge in [-0.15, -0.1) is 0 Å². The molecule has 0 saturated heterocycles. The molecule has 26 heavy (non-hydrogen) atoms. The summed E-state index contributed by atoms with van der Waals surface area (Å²) in [5.41, 5.74) is 0.308. The molecule has 1 aromatic rings. The molecule has 1 rings (SSSR count). The van der Waals surface area contributed by atoms with E-state index in [9.17, 15) is 14.4 Å². The second kappa shape index (κ2) is 10.4. The van der Waals surface area contributed by atoms with Gasteiger partial charge in [0.05, 0.1) is 12.6 Å². The summed E-state index contributed by atoms with van der Waals surface area (Å²) in [4.78, 5) is 39.3. The van der Waals surface area contributed by atoms with Gasteiger partial charge in [-0.05, 0) is 31.7 Å². The first-order valence-electron chi connectivity index (χ1n) is 8.66. The molecule has 0 aliphatic carbocycles. The lowest BCUT2D eigenvalue weighted by atomic mass is 10.0. The normalized spacial score (nSPS) is 13.0. The van der Waals surface area contributed by atoms with Crippen LogP contribution in [0.5, 0.6) is 5.88 Å². The molecule has 0 aromatic carbocycles. The Kier molecular flexibility index (Phi) is 8.54. The number of carbonyl (C=O) groups excluding carboxylic acids is 2. The van der Waals surface area contributed by atoms with Crippen molar-refractivity contribution in [2.75, 3.05) is 6.54 Å². The zero-order chi connectivity index (χ0) is 19.7. The molecule has 2 amide bonds. The number of pyridine rings is 1. The molecule has 144 valence electrons. The largest absolute Gasteiger partial charge is 0.480 e. The van der Waals surface area contributed by atoms with Crippen LogP contribution in [0.4, 0.5) is 0 Å². The summed E-state index contributed by atoms with van der Waals surface area (Å²) in [6.07, 6.45) is 2.55. The minimum Gasteiger partial charge on any atom is -0.480 e. The summed E-state index contributed by atoms with van der Waals surface area (Å²) in [5, 5.41) is 14.0. The molecule has 0 saturated carbocycles. The van der Waals surface area contributed by atoms with E-state index in [1.54, 1.807) is 0 Å². The summed E-state index contributed by atoms with van der Waals surface area (Å²) in [6, 6.07) is 2.03. The summed E-state index contributed by atoms with van der Waals surface area (Å²) in [7, 11) is 0. The maximum atomic E-state index is 12.2. The number of hydrogen-bond donors (Lipinski definition) is 3. The van der Waals surface area contributed by atoms with E-state index in [0.717, 1.165) is 6.42 Å². The quantitative estimate of drug-likeness (QED) is 0.580. The number of carboxylic acids is 1. The Bertz CT molecular complexity index is 633. The van der Waals surface area contributed by atoms with E-state index in [1.165, 1.54) is 18.3 Å². The van der Waals surface area contributed by atoms with Gasteiger partial charge in [-0.25, -0.2) is 9.78 Å². The van der Waals surface area contributed by atoms with Crippen molar-refractivity contribution in [2.45, 2.75) is 52.7 Å². The van der Waals surface area contributed by atoms with Gasteiger partial charge >= 0.3 is 5.97 Å². The fourth-order valence-electron chi connectivity index (χ4n) is 2.11. The van der Waals surface area contributed by atoms with Crippen LogP contribution in [0.3, 0.4) is 0 Å². The Morgan fingerprint density at radius 3 is 2.54 bits per heavy atom. The SMILES string of the molecule is CCC(C)Oc1cc(C(=O)NCC(=O)N[C@@H](CC(C)C)C(=O)O)ccn1. The number of aliphatic carboxylic acids is 1. The highest BCUT2D eigenvalue weighted by molar-refractivity contribution is 5.97. The summed E-state index contributed by atoms with van der Waals surface area (Å²) in [5.74, 6) is -1.67. The van der Waals surface area contributed by atoms with E-state index < -0.39 is 23.8 Å². The number of nitrogens with one attached hydrogen (secondary N) is 2. The Labute approximate surface area is 153 Å². The Hall–Kier alpha value is -2.64. The number of ether oxygens (including phenoxy) is 1. The molecule has 2 atom stereocenters. The van der Waals surface area contributed by atoms with Crippen LogP contribution in [-0.2, 0) is 9.59 Å². The molecule has 1 heterocycles. The maximum absolute atomic E-state index is 12.2. The van der Waals surface area contributed by atoms with Gasteiger partial charge in [0, 0.05) is 17.8 Å². The third-order valence-electron chi connectivity index (χ3n) is 3.64. The number of hydrogen-bond acceptors (Lipinski definition) is 5. The van der Waals surface area contributed by atoms with Crippen molar-refractivity contribution in [2.24, 2.45) is 5.92 Å². The van der Waals surface area contributed by atoms with Crippen LogP contribution in [-0.4, -0.2) is 46.6 Å². The fraction of sp³-hybridized carbons (Fsp3) is 0.556. The number of nitrogens with zero attached hydrogens (tertiary/aromatic N) is 1. The van der Waals surface area contributed by atoms with Gasteiger partial charge in [0.15, 0.2) is 0 Å². The first-order chi connectivity index (χ1) is 12.2. The zero-order valence-electron chi connectivity index (χ0n) is 15.6. The first kappa shape index (κ1) is 21.4. The topological polar surface area (TPSA) is 118 Å². The van der Waals surface area contributed by atoms with Crippen LogP contribution >= 0.6 is 0 Å². The second-order valence-corrected chi connectivity index (χ2v) is 6.49. The van der Waals surface area contributed by atoms with Crippen LogP contribution in [0.15, 0.2) is 18.3 Å². The van der Waals surface area contributed by atoms with E-state index in [2.05, 4.69) is 15.6 Å². The molecule has 0 radical (unpaired) electrons. The summed E-state index contributed by atoms with van der Waals surface area (Å²) >= 11 is 0. The molecule has 1 unspecified atom stereocenters. The first-order valence-corrected chi connectivity index (χ1v) is 8.66. The number of rotatable bonds is 10. The van der Waals surface area contributed by atoms with Crippen molar-refractivity contribution in [1.29, 1.82) is 0 Å². The molecule has 1 aromatic heterocycles. The minimum absolute atomic E-state index is 0.0273. The Balaban J connectivity index is 2.58. The van der Waals surface area contributed by atoms with Crippen molar-refractivity contribution in [3.05, 3.63) is 23.9 Å². The lowest BCUT2D eigenvalue weighted by Crippen LogP contribution is -2.46. The van der Waals surface area contributed by atoms with Gasteiger partial charge < -0.3 is 20.5 Å². The smallest absolute Gasteiger partial charge is 0.326 e. The molecule has 0 aliphatic rings. The third-order valence-corrected chi connectivity index (χ3v) is 3.64. The number of carboxylic acid groups (broad SMARTS) is 1. The monoisotopic (exact) mass is 365 g/mol. The average Bonchev–Trinajstić information content (AvgIpc) is 2.58. The predicted molar refractivity (Wildman–Crippen MR) is 96.0 cm³/mol. The van der Waals surface area contributed by atoms with Gasteiger partial charge in [0.2, 0.25) is 11.8 Å². The van der Waals surface area contributed by atoms with Crippen molar-refractivity contribution in [3.63, 3.8) is 0 Å². The van der Waals surface area contributed by atoms with Crippen LogP contribution in [0, 0.1) is 5.92 Å². The van der Waals surface area contributed by atoms with Gasteiger partial charge in [-0.1, -0.05) is 20.8 Å². The van der Waals surface area contributed by atoms with Crippen LogP contribution in [0.25, 0.3) is 0 Å². The van der Waals surface area contributed by atoms with Crippen molar-refractivity contribution in [3.8, 4) is 5.88 Å². The Morgan fingerprint density at radius 2 is 1.96 bits per heavy atom. The molecular formula is C18H27N3O5. The van der Waals surface area contributed by atoms with E-state index in [4.69, 9.17) is 9.84 Å². The van der Waals surface area contributed by atoms with Crippen LogP contribution < -0.4 is 15.4 Å². The summed E-state index contributed by atoms with van der Waals surface area (Å²) in [6.45, 7) is 7.29. The van der Waals surface area contributed by atoms with Gasteiger partial charge in [-0.3, -0.25) is 9.59 Å². The zero-order valence-corrected chi connectivity index (χ0v) is 15.6. The number of aromatic nitrogens is 1. The van der Waals surface area contributed by atoms with Crippen molar-refractivity contribution >= 4 is 17.8 Å². The number of carbonyl (C=O) groups is 3. The lowest BCUT2D eigenvalue weighted by molar-refractivity contribution is -0.142. The minimum atomic E-state index is -1.10. The fourth-order valence-corrected chi connectivity index (χ4v) is 2.11. The predicted octanol–water partition coefficient (Wildman–Crippen LogP) is 1.60. The van der Waals surface area contributed by atoms with Crippen LogP contribution in [0.2, 0.25) is 0 Å². The molecule has 0 aliphatic heterocycles. The molecule has 0 spiro atoms. The highest BCUT2D eigenvalue weighted by atomic mass is 16.5. The third kappa shape index (κ3) is 7.50. The molecule has 8 heteroatoms. The van der Waals surface area contributed by atoms with E-state index in [1.807, 2.05) is 27.7 Å². The maximum Gasteiger partial charge on any atom is 0.326 e.